The van der Waals surface area contributed by atoms with Crippen molar-refractivity contribution in [1.29, 1.82) is 0 Å². The molecule has 1 unspecified atom stereocenters. The first-order valence-electron chi connectivity index (χ1n) is 7.37. The molecule has 21 heavy (non-hydrogen) atoms. The Morgan fingerprint density at radius 3 is 2.76 bits per heavy atom. The van der Waals surface area contributed by atoms with Crippen LogP contribution in [0, 0.1) is 0 Å². The van der Waals surface area contributed by atoms with Crippen LogP contribution < -0.4 is 15.4 Å². The summed E-state index contributed by atoms with van der Waals surface area (Å²) < 4.78 is 11.3. The first-order valence-corrected chi connectivity index (χ1v) is 8.19. The van der Waals surface area contributed by atoms with Crippen LogP contribution in [0.3, 0.4) is 0 Å². The molecular formula is C15H24N2O3S. The SMILES string of the molecule is CCC(=O)c1sc(N2CCC(OC)C2)c(OC(C)C)c1N. The normalized spacial score (nSPS) is 18.5. The fraction of sp³-hybridized carbons (Fsp3) is 0.667. The van der Waals surface area contributed by atoms with E-state index in [1.165, 1.54) is 11.3 Å². The van der Waals surface area contributed by atoms with Gasteiger partial charge in [-0.2, -0.15) is 0 Å². The molecule has 2 heterocycles. The largest absolute Gasteiger partial charge is 0.486 e. The molecule has 0 radical (unpaired) electrons. The standard InChI is InChI=1S/C15H24N2O3S/c1-5-11(18)14-12(16)13(20-9(2)3)15(21-14)17-7-6-10(8-17)19-4/h9-10H,5-8,16H2,1-4H3. The van der Waals surface area contributed by atoms with E-state index in [9.17, 15) is 4.79 Å². The minimum Gasteiger partial charge on any atom is -0.486 e. The predicted octanol–water partition coefficient (Wildman–Crippen LogP) is 2.94. The number of nitrogens with zero attached hydrogens (tertiary/aromatic N) is 1. The third kappa shape index (κ3) is 3.32. The number of ketones is 1. The Balaban J connectivity index is 2.36. The fourth-order valence-electron chi connectivity index (χ4n) is 2.45. The Kier molecular flexibility index (Phi) is 5.11. The summed E-state index contributed by atoms with van der Waals surface area (Å²) in [5.41, 5.74) is 6.65. The fourth-order valence-corrected chi connectivity index (χ4v) is 3.65. The number of carbonyl (C=O) groups is 1. The number of nitrogen functional groups attached to an aromatic ring is 1. The van der Waals surface area contributed by atoms with Crippen molar-refractivity contribution in [2.75, 3.05) is 30.8 Å². The second kappa shape index (κ2) is 6.66. The molecule has 1 aliphatic heterocycles. The molecular weight excluding hydrogens is 288 g/mol. The number of anilines is 2. The van der Waals surface area contributed by atoms with Crippen molar-refractivity contribution in [2.24, 2.45) is 0 Å². The van der Waals surface area contributed by atoms with Crippen molar-refractivity contribution >= 4 is 27.8 Å². The average Bonchev–Trinajstić information content (AvgIpc) is 3.04. The number of ether oxygens (including phenoxy) is 2. The Labute approximate surface area is 130 Å². The van der Waals surface area contributed by atoms with Gasteiger partial charge in [0.25, 0.3) is 0 Å². The third-order valence-electron chi connectivity index (χ3n) is 3.58. The molecule has 1 aromatic heterocycles. The molecule has 5 nitrogen and oxygen atoms in total. The highest BCUT2D eigenvalue weighted by Crippen LogP contribution is 2.46. The molecule has 1 saturated heterocycles. The van der Waals surface area contributed by atoms with Gasteiger partial charge in [0.1, 0.15) is 5.00 Å². The minimum absolute atomic E-state index is 0.0195. The van der Waals surface area contributed by atoms with E-state index in [2.05, 4.69) is 4.90 Å². The second-order valence-electron chi connectivity index (χ2n) is 5.51. The van der Waals surface area contributed by atoms with E-state index < -0.39 is 0 Å². The van der Waals surface area contributed by atoms with Crippen LogP contribution in [0.15, 0.2) is 0 Å². The van der Waals surface area contributed by atoms with Gasteiger partial charge in [0.15, 0.2) is 11.5 Å². The number of thiophene rings is 1. The van der Waals surface area contributed by atoms with E-state index >= 15 is 0 Å². The number of methoxy groups -OCH3 is 1. The summed E-state index contributed by atoms with van der Waals surface area (Å²) in [6.07, 6.45) is 1.68. The lowest BCUT2D eigenvalue weighted by Gasteiger charge is -2.19. The third-order valence-corrected chi connectivity index (χ3v) is 4.86. The van der Waals surface area contributed by atoms with Crippen LogP contribution in [0.2, 0.25) is 0 Å². The van der Waals surface area contributed by atoms with E-state index in [0.717, 1.165) is 24.5 Å². The van der Waals surface area contributed by atoms with Gasteiger partial charge in [-0.15, -0.1) is 11.3 Å². The van der Waals surface area contributed by atoms with E-state index in [-0.39, 0.29) is 18.0 Å². The lowest BCUT2D eigenvalue weighted by molar-refractivity contribution is 0.0992. The summed E-state index contributed by atoms with van der Waals surface area (Å²) in [5.74, 6) is 0.725. The molecule has 0 aliphatic carbocycles. The Bertz CT molecular complexity index is 513. The zero-order valence-corrected chi connectivity index (χ0v) is 14.0. The lowest BCUT2D eigenvalue weighted by atomic mass is 10.2. The Morgan fingerprint density at radius 2 is 2.24 bits per heavy atom. The maximum absolute atomic E-state index is 12.1. The van der Waals surface area contributed by atoms with Gasteiger partial charge in [-0.3, -0.25) is 4.79 Å². The summed E-state index contributed by atoms with van der Waals surface area (Å²) in [7, 11) is 1.73. The summed E-state index contributed by atoms with van der Waals surface area (Å²) in [5, 5.41) is 0.956. The van der Waals surface area contributed by atoms with Gasteiger partial charge in [-0.05, 0) is 20.3 Å². The number of Topliss-reactive ketones (excluding diaryl/α,β-unsaturated/α-hetero) is 1. The van der Waals surface area contributed by atoms with E-state index in [4.69, 9.17) is 15.2 Å². The number of rotatable bonds is 6. The van der Waals surface area contributed by atoms with Crippen LogP contribution in [0.1, 0.15) is 43.3 Å². The van der Waals surface area contributed by atoms with Crippen molar-refractivity contribution < 1.29 is 14.3 Å². The lowest BCUT2D eigenvalue weighted by Crippen LogP contribution is -2.22. The van der Waals surface area contributed by atoms with Crippen LogP contribution in [-0.4, -0.2) is 38.2 Å². The minimum atomic E-state index is 0.0195. The molecule has 2 N–H and O–H groups in total. The molecule has 0 aromatic carbocycles. The molecule has 6 heteroatoms. The predicted molar refractivity (Wildman–Crippen MR) is 86.7 cm³/mol. The average molecular weight is 312 g/mol. The zero-order valence-electron chi connectivity index (χ0n) is 13.1. The second-order valence-corrected chi connectivity index (χ2v) is 6.51. The smallest absolute Gasteiger partial charge is 0.177 e. The maximum atomic E-state index is 12.1. The van der Waals surface area contributed by atoms with Crippen molar-refractivity contribution in [3.63, 3.8) is 0 Å². The highest BCUT2D eigenvalue weighted by molar-refractivity contribution is 7.19. The molecule has 0 saturated carbocycles. The Morgan fingerprint density at radius 1 is 1.52 bits per heavy atom. The molecule has 1 aromatic rings. The van der Waals surface area contributed by atoms with Gasteiger partial charge >= 0.3 is 0 Å². The molecule has 118 valence electrons. The summed E-state index contributed by atoms with van der Waals surface area (Å²) in [4.78, 5) is 14.9. The van der Waals surface area contributed by atoms with Crippen LogP contribution in [0.5, 0.6) is 5.75 Å². The zero-order chi connectivity index (χ0) is 15.6. The first kappa shape index (κ1) is 16.1. The molecule has 0 bridgehead atoms. The van der Waals surface area contributed by atoms with E-state index in [1.54, 1.807) is 7.11 Å². The van der Waals surface area contributed by atoms with Crippen molar-refractivity contribution in [3.8, 4) is 5.75 Å². The highest BCUT2D eigenvalue weighted by Gasteiger charge is 2.30. The summed E-state index contributed by atoms with van der Waals surface area (Å²) >= 11 is 1.44. The molecule has 1 atom stereocenters. The number of carbonyl (C=O) groups excluding carboxylic acids is 1. The van der Waals surface area contributed by atoms with E-state index in [1.807, 2.05) is 20.8 Å². The summed E-state index contributed by atoms with van der Waals surface area (Å²) in [6, 6.07) is 0. The van der Waals surface area contributed by atoms with Crippen LogP contribution in [-0.2, 0) is 4.74 Å². The molecule has 0 spiro atoms. The highest BCUT2D eigenvalue weighted by atomic mass is 32.1. The van der Waals surface area contributed by atoms with Gasteiger partial charge in [0.2, 0.25) is 0 Å². The van der Waals surface area contributed by atoms with Gasteiger partial charge in [-0.25, -0.2) is 0 Å². The molecule has 1 fully saturated rings. The van der Waals surface area contributed by atoms with Crippen LogP contribution in [0.25, 0.3) is 0 Å². The van der Waals surface area contributed by atoms with Gasteiger partial charge in [0.05, 0.1) is 22.8 Å². The topological polar surface area (TPSA) is 64.8 Å². The summed E-state index contributed by atoms with van der Waals surface area (Å²) in [6.45, 7) is 7.48. The molecule has 1 aliphatic rings. The number of hydrogen-bond donors (Lipinski definition) is 1. The Hall–Kier alpha value is -1.27. The quantitative estimate of drug-likeness (QED) is 0.818. The van der Waals surface area contributed by atoms with Crippen molar-refractivity contribution in [3.05, 3.63) is 4.88 Å². The molecule has 2 rings (SSSR count). The number of nitrogens with two attached hydrogens (primary N) is 1. The van der Waals surface area contributed by atoms with Crippen molar-refractivity contribution in [2.45, 2.75) is 45.8 Å². The monoisotopic (exact) mass is 312 g/mol. The van der Waals surface area contributed by atoms with Crippen LogP contribution in [0.4, 0.5) is 10.7 Å². The van der Waals surface area contributed by atoms with Gasteiger partial charge in [0, 0.05) is 26.6 Å². The van der Waals surface area contributed by atoms with E-state index in [0.29, 0.717) is 22.7 Å². The maximum Gasteiger partial charge on any atom is 0.177 e. The van der Waals surface area contributed by atoms with Crippen LogP contribution >= 0.6 is 11.3 Å². The number of hydrogen-bond acceptors (Lipinski definition) is 6. The van der Waals surface area contributed by atoms with Gasteiger partial charge < -0.3 is 20.1 Å². The molecule has 0 amide bonds. The van der Waals surface area contributed by atoms with Gasteiger partial charge in [-0.1, -0.05) is 6.92 Å². The first-order chi connectivity index (χ1) is 9.97. The van der Waals surface area contributed by atoms with Crippen molar-refractivity contribution in [1.82, 2.24) is 0 Å².